The van der Waals surface area contributed by atoms with Gasteiger partial charge in [0.2, 0.25) is 5.43 Å². The summed E-state index contributed by atoms with van der Waals surface area (Å²) >= 11 is 0. The number of rotatable bonds is 5. The highest BCUT2D eigenvalue weighted by atomic mass is 19.4. The number of nitrogens with zero attached hydrogens (tertiary/aromatic N) is 1. The summed E-state index contributed by atoms with van der Waals surface area (Å²) < 4.78 is 95.5. The molecule has 37 heavy (non-hydrogen) atoms. The van der Waals surface area contributed by atoms with Crippen molar-refractivity contribution >= 4 is 17.3 Å². The number of carbonyl (C=O) groups is 1. The van der Waals surface area contributed by atoms with Crippen molar-refractivity contribution < 1.29 is 45.3 Å². The smallest absolute Gasteiger partial charge is 0.496 e. The molecule has 1 aliphatic heterocycles. The first-order valence-electron chi connectivity index (χ1n) is 10.9. The molecule has 0 saturated carbocycles. The molecular formula is C24H20F6N2O5. The SMILES string of the molecule is COc1cc(OC(F)(F)F)ccc1[C@H]1[C@H](c2cc(=O)c3nc(C=O)ccc3[nH]2)O[C@@](C)(C(F)(F)F)[C@H]1C. The fourth-order valence-corrected chi connectivity index (χ4v) is 4.61. The molecule has 2 aromatic heterocycles. The van der Waals surface area contributed by atoms with Gasteiger partial charge in [0, 0.05) is 35.2 Å². The van der Waals surface area contributed by atoms with Crippen LogP contribution in [-0.4, -0.2) is 41.5 Å². The molecule has 13 heteroatoms. The third kappa shape index (κ3) is 4.75. The maximum Gasteiger partial charge on any atom is 0.573 e. The molecule has 4 atom stereocenters. The molecule has 0 bridgehead atoms. The van der Waals surface area contributed by atoms with Crippen molar-refractivity contribution in [3.05, 3.63) is 63.6 Å². The second-order valence-electron chi connectivity index (χ2n) is 8.75. The van der Waals surface area contributed by atoms with E-state index in [0.29, 0.717) is 6.29 Å². The molecule has 1 fully saturated rings. The first-order chi connectivity index (χ1) is 17.2. The van der Waals surface area contributed by atoms with E-state index in [-0.39, 0.29) is 33.7 Å². The number of halogens is 6. The molecule has 0 radical (unpaired) electrons. The minimum absolute atomic E-state index is 0.00934. The Hall–Kier alpha value is -3.61. The largest absolute Gasteiger partial charge is 0.573 e. The summed E-state index contributed by atoms with van der Waals surface area (Å²) in [4.78, 5) is 30.6. The number of alkyl halides is 6. The predicted octanol–water partition coefficient (Wildman–Crippen LogP) is 5.46. The molecular weight excluding hydrogens is 510 g/mol. The van der Waals surface area contributed by atoms with Gasteiger partial charge in [0.05, 0.1) is 12.6 Å². The van der Waals surface area contributed by atoms with Gasteiger partial charge in [-0.3, -0.25) is 9.59 Å². The van der Waals surface area contributed by atoms with Crippen LogP contribution in [0, 0.1) is 5.92 Å². The van der Waals surface area contributed by atoms with Gasteiger partial charge in [-0.15, -0.1) is 13.2 Å². The first-order valence-corrected chi connectivity index (χ1v) is 10.9. The van der Waals surface area contributed by atoms with Crippen molar-refractivity contribution in [2.24, 2.45) is 5.92 Å². The number of aldehydes is 1. The van der Waals surface area contributed by atoms with E-state index in [4.69, 9.17) is 9.47 Å². The molecule has 1 aliphatic rings. The maximum atomic E-state index is 14.2. The van der Waals surface area contributed by atoms with Crippen LogP contribution in [0.3, 0.4) is 0 Å². The summed E-state index contributed by atoms with van der Waals surface area (Å²) in [7, 11) is 1.16. The molecule has 1 aromatic carbocycles. The minimum atomic E-state index is -4.99. The van der Waals surface area contributed by atoms with Crippen molar-refractivity contribution in [1.29, 1.82) is 0 Å². The molecule has 0 unspecified atom stereocenters. The number of carbonyl (C=O) groups excluding carboxylic acids is 1. The predicted molar refractivity (Wildman–Crippen MR) is 118 cm³/mol. The highest BCUT2D eigenvalue weighted by Crippen LogP contribution is 2.59. The number of hydrogen-bond donors (Lipinski definition) is 1. The number of aromatic nitrogens is 2. The normalized spacial score (nSPS) is 24.3. The van der Waals surface area contributed by atoms with Gasteiger partial charge in [-0.25, -0.2) is 4.98 Å². The van der Waals surface area contributed by atoms with Gasteiger partial charge in [-0.1, -0.05) is 13.0 Å². The van der Waals surface area contributed by atoms with Crippen molar-refractivity contribution in [3.63, 3.8) is 0 Å². The molecule has 198 valence electrons. The number of hydrogen-bond acceptors (Lipinski definition) is 6. The fourth-order valence-electron chi connectivity index (χ4n) is 4.61. The highest BCUT2D eigenvalue weighted by Gasteiger charge is 2.65. The van der Waals surface area contributed by atoms with Gasteiger partial charge in [-0.2, -0.15) is 13.2 Å². The molecule has 1 saturated heterocycles. The van der Waals surface area contributed by atoms with Gasteiger partial charge in [0.15, 0.2) is 11.9 Å². The lowest BCUT2D eigenvalue weighted by molar-refractivity contribution is -0.275. The molecule has 0 aliphatic carbocycles. The summed E-state index contributed by atoms with van der Waals surface area (Å²) in [5, 5.41) is 0. The second-order valence-corrected chi connectivity index (χ2v) is 8.75. The Morgan fingerprint density at radius 2 is 1.81 bits per heavy atom. The van der Waals surface area contributed by atoms with Gasteiger partial charge >= 0.3 is 12.5 Å². The van der Waals surface area contributed by atoms with Crippen molar-refractivity contribution in [2.75, 3.05) is 7.11 Å². The Morgan fingerprint density at radius 3 is 2.41 bits per heavy atom. The van der Waals surface area contributed by atoms with Crippen LogP contribution < -0.4 is 14.9 Å². The summed E-state index contributed by atoms with van der Waals surface area (Å²) in [6.07, 6.45) is -10.8. The Kier molecular flexibility index (Phi) is 6.47. The van der Waals surface area contributed by atoms with Crippen LogP contribution in [-0.2, 0) is 4.74 Å². The van der Waals surface area contributed by atoms with Crippen LogP contribution in [0.25, 0.3) is 11.0 Å². The van der Waals surface area contributed by atoms with E-state index in [0.717, 1.165) is 32.2 Å². The Bertz CT molecular complexity index is 1400. The fraction of sp³-hybridized carbons (Fsp3) is 0.375. The average molecular weight is 530 g/mol. The lowest BCUT2D eigenvalue weighted by atomic mass is 9.76. The first kappa shape index (κ1) is 26.5. The standard InChI is InChI=1S/C24H20F6N2O5/c1-11-19(14-6-5-13(8-18(14)35-3)36-24(28,29)30)21(37-22(11,2)23(25,26)27)16-9-17(34)20-15(32-16)7-4-12(10-33)31-20/h4-11,19,21H,1-3H3,(H,32,34)/t11-,19-,21-,22+/m0/s1. The molecule has 3 aromatic rings. The molecule has 3 heterocycles. The molecule has 0 spiro atoms. The van der Waals surface area contributed by atoms with E-state index in [2.05, 4.69) is 14.7 Å². The van der Waals surface area contributed by atoms with Crippen molar-refractivity contribution in [2.45, 2.75) is 44.0 Å². The number of fused-ring (bicyclic) bond motifs is 1. The van der Waals surface area contributed by atoms with Crippen LogP contribution in [0.2, 0.25) is 0 Å². The van der Waals surface area contributed by atoms with E-state index in [1.54, 1.807) is 0 Å². The number of aromatic amines is 1. The number of pyridine rings is 2. The van der Waals surface area contributed by atoms with Crippen LogP contribution >= 0.6 is 0 Å². The summed E-state index contributed by atoms with van der Waals surface area (Å²) in [6.45, 7) is 2.17. The number of ether oxygens (including phenoxy) is 3. The van der Waals surface area contributed by atoms with Crippen LogP contribution in [0.4, 0.5) is 26.3 Å². The molecule has 0 amide bonds. The van der Waals surface area contributed by atoms with Gasteiger partial charge in [0.1, 0.15) is 28.8 Å². The summed E-state index contributed by atoms with van der Waals surface area (Å²) in [5.74, 6) is -3.16. The van der Waals surface area contributed by atoms with Crippen LogP contribution in [0.15, 0.2) is 41.2 Å². The van der Waals surface area contributed by atoms with Gasteiger partial charge in [-0.05, 0) is 25.1 Å². The van der Waals surface area contributed by atoms with E-state index >= 15 is 0 Å². The number of benzene rings is 1. The Morgan fingerprint density at radius 1 is 1.11 bits per heavy atom. The summed E-state index contributed by atoms with van der Waals surface area (Å²) in [5.41, 5.74) is -3.18. The quantitative estimate of drug-likeness (QED) is 0.348. The van der Waals surface area contributed by atoms with Crippen molar-refractivity contribution in [3.8, 4) is 11.5 Å². The Labute approximate surface area is 205 Å². The van der Waals surface area contributed by atoms with Crippen LogP contribution in [0.5, 0.6) is 11.5 Å². The third-order valence-corrected chi connectivity index (χ3v) is 6.61. The molecule has 7 nitrogen and oxygen atoms in total. The number of methoxy groups -OCH3 is 1. The second kappa shape index (κ2) is 9.05. The van der Waals surface area contributed by atoms with E-state index < -0.39 is 47.3 Å². The highest BCUT2D eigenvalue weighted by molar-refractivity contribution is 5.80. The lowest BCUT2D eigenvalue weighted by Gasteiger charge is -2.32. The van der Waals surface area contributed by atoms with Crippen molar-refractivity contribution in [1.82, 2.24) is 9.97 Å². The minimum Gasteiger partial charge on any atom is -0.496 e. The molecule has 4 rings (SSSR count). The van der Waals surface area contributed by atoms with Gasteiger partial charge in [0.25, 0.3) is 0 Å². The molecule has 1 N–H and O–H groups in total. The van der Waals surface area contributed by atoms with E-state index in [9.17, 15) is 35.9 Å². The topological polar surface area (TPSA) is 90.5 Å². The zero-order chi connectivity index (χ0) is 27.3. The average Bonchev–Trinajstić information content (AvgIpc) is 3.09. The van der Waals surface area contributed by atoms with E-state index in [1.165, 1.54) is 25.1 Å². The maximum absolute atomic E-state index is 14.2. The zero-order valence-electron chi connectivity index (χ0n) is 19.5. The van der Waals surface area contributed by atoms with E-state index in [1.807, 2.05) is 0 Å². The lowest BCUT2D eigenvalue weighted by Crippen LogP contribution is -2.46. The summed E-state index contributed by atoms with van der Waals surface area (Å²) in [6, 6.07) is 6.81. The number of H-pyrrole nitrogens is 1. The number of nitrogens with one attached hydrogen (secondary N) is 1. The zero-order valence-corrected chi connectivity index (χ0v) is 19.5. The van der Waals surface area contributed by atoms with Crippen LogP contribution in [0.1, 0.15) is 47.6 Å². The monoisotopic (exact) mass is 530 g/mol. The third-order valence-electron chi connectivity index (χ3n) is 6.61. The van der Waals surface area contributed by atoms with Gasteiger partial charge < -0.3 is 19.2 Å². The Balaban J connectivity index is 1.89.